The smallest absolute Gasteiger partial charge is 0.0602 e. The summed E-state index contributed by atoms with van der Waals surface area (Å²) in [6.45, 7) is 8.22. The molecule has 4 heteroatoms. The molecule has 2 aliphatic heterocycles. The molecule has 0 aromatic carbocycles. The highest BCUT2D eigenvalue weighted by Crippen LogP contribution is 2.18. The second-order valence-electron chi connectivity index (χ2n) is 6.55. The molecule has 0 spiro atoms. The van der Waals surface area contributed by atoms with Crippen molar-refractivity contribution < 1.29 is 0 Å². The molecule has 4 nitrogen and oxygen atoms in total. The molecule has 2 atom stereocenters. The number of rotatable bonds is 6. The average molecular weight is 369 g/mol. The molecule has 27 heavy (non-hydrogen) atoms. The van der Waals surface area contributed by atoms with Crippen LogP contribution in [0.4, 0.5) is 0 Å². The van der Waals surface area contributed by atoms with Crippen molar-refractivity contribution in [3.8, 4) is 0 Å². The van der Waals surface area contributed by atoms with E-state index in [1.165, 1.54) is 5.70 Å². The molecular formula is C23H36N4. The maximum absolute atomic E-state index is 6.19. The zero-order chi connectivity index (χ0) is 20.2. The Balaban J connectivity index is 0.00000176. The topological polar surface area (TPSA) is 67.3 Å². The highest BCUT2D eigenvalue weighted by atomic mass is 15.1. The van der Waals surface area contributed by atoms with Crippen LogP contribution in [0.25, 0.3) is 0 Å². The molecular weight excluding hydrogens is 332 g/mol. The first-order valence-electron chi connectivity index (χ1n) is 9.77. The van der Waals surface area contributed by atoms with Crippen molar-refractivity contribution in [2.24, 2.45) is 11.5 Å². The summed E-state index contributed by atoms with van der Waals surface area (Å²) in [4.78, 5) is 2.15. The molecule has 0 radical (unpaired) electrons. The summed E-state index contributed by atoms with van der Waals surface area (Å²) >= 11 is 0. The molecule has 0 amide bonds. The Kier molecular flexibility index (Phi) is 9.88. The highest BCUT2D eigenvalue weighted by Gasteiger charge is 2.14. The van der Waals surface area contributed by atoms with Gasteiger partial charge < -0.3 is 21.7 Å². The first-order valence-corrected chi connectivity index (χ1v) is 9.77. The second-order valence-corrected chi connectivity index (χ2v) is 6.55. The molecule has 0 bridgehead atoms. The highest BCUT2D eigenvalue weighted by molar-refractivity contribution is 5.36. The summed E-state index contributed by atoms with van der Waals surface area (Å²) in [5, 5.41) is 3.42. The quantitative estimate of drug-likeness (QED) is 0.484. The van der Waals surface area contributed by atoms with Crippen LogP contribution in [-0.4, -0.2) is 24.0 Å². The fraction of sp³-hybridized carbons (Fsp3) is 0.391. The van der Waals surface area contributed by atoms with Gasteiger partial charge in [0.15, 0.2) is 0 Å². The minimum atomic E-state index is 0.345. The van der Waals surface area contributed by atoms with Gasteiger partial charge in [-0.2, -0.15) is 0 Å². The van der Waals surface area contributed by atoms with Gasteiger partial charge in [-0.25, -0.2) is 0 Å². The van der Waals surface area contributed by atoms with Crippen molar-refractivity contribution in [2.75, 3.05) is 7.05 Å². The molecule has 148 valence electrons. The number of nitrogens with one attached hydrogen (secondary N) is 1. The van der Waals surface area contributed by atoms with Crippen molar-refractivity contribution in [1.29, 1.82) is 0 Å². The maximum Gasteiger partial charge on any atom is 0.0602 e. The lowest BCUT2D eigenvalue weighted by atomic mass is 10.1. The van der Waals surface area contributed by atoms with E-state index in [2.05, 4.69) is 60.5 Å². The Bertz CT molecular complexity index is 674. The van der Waals surface area contributed by atoms with Crippen LogP contribution >= 0.6 is 0 Å². The molecule has 0 aromatic heterocycles. The first-order chi connectivity index (χ1) is 13.0. The van der Waals surface area contributed by atoms with Crippen LogP contribution in [0.15, 0.2) is 83.5 Å². The minimum Gasteiger partial charge on any atom is -0.402 e. The van der Waals surface area contributed by atoms with Gasteiger partial charge in [0.2, 0.25) is 0 Å². The summed E-state index contributed by atoms with van der Waals surface area (Å²) in [5.41, 5.74) is 16.0. The molecule has 0 aliphatic carbocycles. The number of hydrogen-bond acceptors (Lipinski definition) is 4. The van der Waals surface area contributed by atoms with Crippen LogP contribution in [-0.2, 0) is 0 Å². The van der Waals surface area contributed by atoms with E-state index in [1.54, 1.807) is 0 Å². The van der Waals surface area contributed by atoms with E-state index < -0.39 is 0 Å². The third-order valence-corrected chi connectivity index (χ3v) is 4.42. The third-order valence-electron chi connectivity index (χ3n) is 4.42. The standard InChI is InChI=1S/C21H30N4.C2H6/c1-16-8-6-12-19(24-16)11-5-4-10-18(22)14-15-20(23)21-13-7-9-17(2)25(21)3;1-2/h4-9,12-15,17,19,24H,10-11,22-23H2,1-3H3;1-2H3/b5-4-,18-14-,20-15-;. The molecule has 5 N–H and O–H groups in total. The zero-order valence-corrected chi connectivity index (χ0v) is 17.4. The minimum absolute atomic E-state index is 0.345. The summed E-state index contributed by atoms with van der Waals surface area (Å²) in [7, 11) is 2.04. The predicted molar refractivity (Wildman–Crippen MR) is 119 cm³/mol. The summed E-state index contributed by atoms with van der Waals surface area (Å²) < 4.78 is 0. The number of nitrogens with zero attached hydrogens (tertiary/aromatic N) is 1. The molecule has 2 aliphatic rings. The molecule has 0 saturated carbocycles. The molecule has 0 aromatic rings. The molecule has 2 rings (SSSR count). The Morgan fingerprint density at radius 1 is 1.11 bits per heavy atom. The second kappa shape index (κ2) is 11.9. The van der Waals surface area contributed by atoms with Gasteiger partial charge in [0.05, 0.1) is 11.4 Å². The van der Waals surface area contributed by atoms with Gasteiger partial charge >= 0.3 is 0 Å². The Hall–Kier alpha value is -2.62. The number of hydrogen-bond donors (Lipinski definition) is 3. The van der Waals surface area contributed by atoms with Crippen molar-refractivity contribution in [3.63, 3.8) is 0 Å². The van der Waals surface area contributed by atoms with Gasteiger partial charge in [-0.05, 0) is 44.6 Å². The monoisotopic (exact) mass is 368 g/mol. The number of nitrogens with two attached hydrogens (primary N) is 2. The van der Waals surface area contributed by atoms with Crippen LogP contribution in [0.1, 0.15) is 40.5 Å². The largest absolute Gasteiger partial charge is 0.402 e. The summed E-state index contributed by atoms with van der Waals surface area (Å²) in [6, 6.07) is 0.711. The zero-order valence-electron chi connectivity index (χ0n) is 17.4. The van der Waals surface area contributed by atoms with Crippen molar-refractivity contribution in [1.82, 2.24) is 10.2 Å². The Morgan fingerprint density at radius 2 is 1.81 bits per heavy atom. The van der Waals surface area contributed by atoms with E-state index in [4.69, 9.17) is 11.5 Å². The van der Waals surface area contributed by atoms with E-state index in [9.17, 15) is 0 Å². The van der Waals surface area contributed by atoms with Crippen molar-refractivity contribution in [2.45, 2.75) is 52.6 Å². The molecule has 2 unspecified atom stereocenters. The van der Waals surface area contributed by atoms with Crippen LogP contribution in [0.5, 0.6) is 0 Å². The predicted octanol–water partition coefficient (Wildman–Crippen LogP) is 4.24. The van der Waals surface area contributed by atoms with Gasteiger partial charge in [0, 0.05) is 36.9 Å². The first kappa shape index (κ1) is 22.4. The lowest BCUT2D eigenvalue weighted by Gasteiger charge is -2.29. The normalized spacial score (nSPS) is 22.8. The maximum atomic E-state index is 6.19. The average Bonchev–Trinajstić information content (AvgIpc) is 2.67. The Labute approximate surface area is 165 Å². The number of dihydropyridines is 1. The molecule has 0 saturated heterocycles. The van der Waals surface area contributed by atoms with E-state index in [-0.39, 0.29) is 0 Å². The van der Waals surface area contributed by atoms with Gasteiger partial charge in [-0.1, -0.05) is 50.3 Å². The summed E-state index contributed by atoms with van der Waals surface area (Å²) in [5.74, 6) is 0. The van der Waals surface area contributed by atoms with Crippen LogP contribution in [0.3, 0.4) is 0 Å². The third kappa shape index (κ3) is 7.65. The lowest BCUT2D eigenvalue weighted by Crippen LogP contribution is -2.31. The van der Waals surface area contributed by atoms with Crippen molar-refractivity contribution >= 4 is 0 Å². The van der Waals surface area contributed by atoms with Crippen LogP contribution in [0, 0.1) is 0 Å². The van der Waals surface area contributed by atoms with Gasteiger partial charge in [0.1, 0.15) is 0 Å². The van der Waals surface area contributed by atoms with E-state index >= 15 is 0 Å². The van der Waals surface area contributed by atoms with Crippen LogP contribution < -0.4 is 16.8 Å². The van der Waals surface area contributed by atoms with E-state index in [0.29, 0.717) is 12.1 Å². The lowest BCUT2D eigenvalue weighted by molar-refractivity contribution is 0.374. The van der Waals surface area contributed by atoms with Crippen molar-refractivity contribution in [3.05, 3.63) is 83.5 Å². The fourth-order valence-corrected chi connectivity index (χ4v) is 2.75. The van der Waals surface area contributed by atoms with Gasteiger partial charge in [0.25, 0.3) is 0 Å². The molecule has 2 heterocycles. The van der Waals surface area contributed by atoms with Gasteiger partial charge in [-0.15, -0.1) is 0 Å². The van der Waals surface area contributed by atoms with Crippen LogP contribution in [0.2, 0.25) is 0 Å². The van der Waals surface area contributed by atoms with E-state index in [1.807, 2.05) is 45.2 Å². The number of allylic oxidation sites excluding steroid dienone is 8. The fourth-order valence-electron chi connectivity index (χ4n) is 2.75. The molecule has 0 fully saturated rings. The SMILES string of the molecule is CC.CC1=CC=CC(C/C=C\C/C(N)=C/C=C(\N)C2=CC=CC(C)N2C)N1. The Morgan fingerprint density at radius 3 is 2.52 bits per heavy atom. The van der Waals surface area contributed by atoms with Gasteiger partial charge in [-0.3, -0.25) is 0 Å². The van der Waals surface area contributed by atoms with E-state index in [0.717, 1.165) is 29.9 Å². The summed E-state index contributed by atoms with van der Waals surface area (Å²) in [6.07, 6.45) is 22.3. The number of likely N-dealkylation sites (N-methyl/N-ethyl adjacent to an activating group) is 1.